The van der Waals surface area contributed by atoms with Crippen LogP contribution >= 0.6 is 0 Å². The zero-order chi connectivity index (χ0) is 13.2. The molecule has 0 spiro atoms. The smallest absolute Gasteiger partial charge is 0.410 e. The summed E-state index contributed by atoms with van der Waals surface area (Å²) < 4.78 is 5.37. The zero-order valence-corrected chi connectivity index (χ0v) is 10.6. The molecule has 0 atom stereocenters. The van der Waals surface area contributed by atoms with E-state index >= 15 is 0 Å². The van der Waals surface area contributed by atoms with E-state index < -0.39 is 0 Å². The number of nitrogens with one attached hydrogen (secondary N) is 1. The predicted molar refractivity (Wildman–Crippen MR) is 70.2 cm³/mol. The highest BCUT2D eigenvalue weighted by molar-refractivity contribution is 5.94. The molecule has 100 valence electrons. The number of fused-ring (bicyclic) bond motifs is 1. The minimum atomic E-state index is -0.280. The number of carbonyl (C=O) groups excluding carboxylic acids is 2. The predicted octanol–water partition coefficient (Wildman–Crippen LogP) is 2.17. The van der Waals surface area contributed by atoms with Crippen molar-refractivity contribution in [3.8, 4) is 5.75 Å². The first-order valence-electron chi connectivity index (χ1n) is 6.62. The Hall–Kier alpha value is -2.04. The van der Waals surface area contributed by atoms with Crippen LogP contribution in [-0.4, -0.2) is 30.0 Å². The summed E-state index contributed by atoms with van der Waals surface area (Å²) >= 11 is 0. The van der Waals surface area contributed by atoms with Gasteiger partial charge in [-0.15, -0.1) is 0 Å². The van der Waals surface area contributed by atoms with Crippen LogP contribution in [0, 0.1) is 0 Å². The Balaban J connectivity index is 1.71. The van der Waals surface area contributed by atoms with Crippen molar-refractivity contribution in [3.05, 3.63) is 23.8 Å². The summed E-state index contributed by atoms with van der Waals surface area (Å²) in [4.78, 5) is 24.9. The van der Waals surface area contributed by atoms with Crippen LogP contribution in [0.1, 0.15) is 24.8 Å². The van der Waals surface area contributed by atoms with E-state index in [1.807, 2.05) is 6.07 Å². The van der Waals surface area contributed by atoms with Crippen LogP contribution in [-0.2, 0) is 11.2 Å². The molecule has 19 heavy (non-hydrogen) atoms. The third kappa shape index (κ3) is 2.54. The van der Waals surface area contributed by atoms with Crippen molar-refractivity contribution < 1.29 is 14.3 Å². The number of hydrogen-bond acceptors (Lipinski definition) is 3. The summed E-state index contributed by atoms with van der Waals surface area (Å²) in [6.45, 7) is 1.56. The number of nitrogens with zero attached hydrogens (tertiary/aromatic N) is 1. The molecule has 2 aliphatic rings. The van der Waals surface area contributed by atoms with Crippen molar-refractivity contribution in [2.75, 3.05) is 18.4 Å². The maximum absolute atomic E-state index is 11.9. The summed E-state index contributed by atoms with van der Waals surface area (Å²) in [6, 6.07) is 5.35. The van der Waals surface area contributed by atoms with Gasteiger partial charge < -0.3 is 15.0 Å². The lowest BCUT2D eigenvalue weighted by Gasteiger charge is -2.19. The molecule has 3 rings (SSSR count). The van der Waals surface area contributed by atoms with E-state index in [9.17, 15) is 9.59 Å². The number of carbonyl (C=O) groups is 2. The highest BCUT2D eigenvalue weighted by Crippen LogP contribution is 2.27. The van der Waals surface area contributed by atoms with Gasteiger partial charge in [0.15, 0.2) is 0 Å². The SMILES string of the molecule is O=C1CCc2cc(OC(=O)N3CCCC3)ccc2N1. The number of anilines is 1. The Bertz CT molecular complexity index is 521. The van der Waals surface area contributed by atoms with E-state index in [1.165, 1.54) is 0 Å². The minimum Gasteiger partial charge on any atom is -0.410 e. The van der Waals surface area contributed by atoms with Gasteiger partial charge >= 0.3 is 6.09 Å². The van der Waals surface area contributed by atoms with Crippen molar-refractivity contribution in [2.24, 2.45) is 0 Å². The fourth-order valence-corrected chi connectivity index (χ4v) is 2.49. The molecule has 1 N–H and O–H groups in total. The summed E-state index contributed by atoms with van der Waals surface area (Å²) in [5, 5.41) is 2.81. The molecule has 0 radical (unpaired) electrons. The van der Waals surface area contributed by atoms with Gasteiger partial charge in [-0.25, -0.2) is 4.79 Å². The standard InChI is InChI=1S/C14H16N2O3/c17-13-6-3-10-9-11(4-5-12(10)15-13)19-14(18)16-7-1-2-8-16/h4-5,9H,1-3,6-8H2,(H,15,17). The minimum absolute atomic E-state index is 0.0364. The molecule has 0 unspecified atom stereocenters. The summed E-state index contributed by atoms with van der Waals surface area (Å²) in [5.74, 6) is 0.584. The molecule has 1 aromatic carbocycles. The van der Waals surface area contributed by atoms with Crippen LogP contribution in [0.2, 0.25) is 0 Å². The maximum Gasteiger partial charge on any atom is 0.415 e. The highest BCUT2D eigenvalue weighted by Gasteiger charge is 2.21. The van der Waals surface area contributed by atoms with Crippen LogP contribution < -0.4 is 10.1 Å². The van der Waals surface area contributed by atoms with Crippen LogP contribution in [0.25, 0.3) is 0 Å². The van der Waals surface area contributed by atoms with Crippen molar-refractivity contribution in [1.82, 2.24) is 4.90 Å². The number of rotatable bonds is 1. The molecular formula is C14H16N2O3. The van der Waals surface area contributed by atoms with Crippen LogP contribution in [0.15, 0.2) is 18.2 Å². The van der Waals surface area contributed by atoms with Crippen molar-refractivity contribution >= 4 is 17.7 Å². The van der Waals surface area contributed by atoms with Gasteiger partial charge in [0.25, 0.3) is 0 Å². The number of aryl methyl sites for hydroxylation is 1. The van der Waals surface area contributed by atoms with E-state index in [0.29, 0.717) is 18.6 Å². The average molecular weight is 260 g/mol. The Morgan fingerprint density at radius 1 is 1.21 bits per heavy atom. The van der Waals surface area contributed by atoms with Gasteiger partial charge in [-0.3, -0.25) is 4.79 Å². The third-order valence-electron chi connectivity index (χ3n) is 3.54. The highest BCUT2D eigenvalue weighted by atomic mass is 16.6. The molecular weight excluding hydrogens is 244 g/mol. The van der Waals surface area contributed by atoms with E-state index in [1.54, 1.807) is 17.0 Å². The Labute approximate surface area is 111 Å². The summed E-state index contributed by atoms with van der Waals surface area (Å²) in [6.07, 6.45) is 2.99. The van der Waals surface area contributed by atoms with Crippen LogP contribution in [0.4, 0.5) is 10.5 Å². The second-order valence-corrected chi connectivity index (χ2v) is 4.93. The summed E-state index contributed by atoms with van der Waals surface area (Å²) in [5.41, 5.74) is 1.84. The first-order chi connectivity index (χ1) is 9.22. The lowest BCUT2D eigenvalue weighted by molar-refractivity contribution is -0.116. The third-order valence-corrected chi connectivity index (χ3v) is 3.54. The monoisotopic (exact) mass is 260 g/mol. The summed E-state index contributed by atoms with van der Waals surface area (Å²) in [7, 11) is 0. The van der Waals surface area contributed by atoms with Gasteiger partial charge in [0.05, 0.1) is 0 Å². The number of ether oxygens (including phenoxy) is 1. The molecule has 5 nitrogen and oxygen atoms in total. The lowest BCUT2D eigenvalue weighted by atomic mass is 10.0. The normalized spacial score (nSPS) is 17.9. The number of hydrogen-bond donors (Lipinski definition) is 1. The zero-order valence-electron chi connectivity index (χ0n) is 10.6. The fourth-order valence-electron chi connectivity index (χ4n) is 2.49. The second kappa shape index (κ2) is 4.91. The van der Waals surface area contributed by atoms with E-state index in [2.05, 4.69) is 5.32 Å². The van der Waals surface area contributed by atoms with Gasteiger partial charge in [-0.2, -0.15) is 0 Å². The quantitative estimate of drug-likeness (QED) is 0.841. The molecule has 0 aromatic heterocycles. The number of amides is 2. The van der Waals surface area contributed by atoms with Crippen molar-refractivity contribution in [2.45, 2.75) is 25.7 Å². The first-order valence-corrected chi connectivity index (χ1v) is 6.62. The van der Waals surface area contributed by atoms with Gasteiger partial charge in [0, 0.05) is 25.2 Å². The van der Waals surface area contributed by atoms with Crippen LogP contribution in [0.5, 0.6) is 5.75 Å². The molecule has 1 aromatic rings. The molecule has 2 amide bonds. The molecule has 1 saturated heterocycles. The Morgan fingerprint density at radius 3 is 2.79 bits per heavy atom. The largest absolute Gasteiger partial charge is 0.415 e. The molecule has 2 heterocycles. The van der Waals surface area contributed by atoms with Crippen molar-refractivity contribution in [1.29, 1.82) is 0 Å². The average Bonchev–Trinajstić information content (AvgIpc) is 2.93. The van der Waals surface area contributed by atoms with E-state index in [4.69, 9.17) is 4.74 Å². The van der Waals surface area contributed by atoms with E-state index in [-0.39, 0.29) is 12.0 Å². The topological polar surface area (TPSA) is 58.6 Å². The number of likely N-dealkylation sites (tertiary alicyclic amines) is 1. The van der Waals surface area contributed by atoms with Gasteiger partial charge in [0.1, 0.15) is 5.75 Å². The molecule has 1 fully saturated rings. The van der Waals surface area contributed by atoms with Gasteiger partial charge in [-0.1, -0.05) is 0 Å². The van der Waals surface area contributed by atoms with Crippen LogP contribution in [0.3, 0.4) is 0 Å². The molecule has 5 heteroatoms. The molecule has 0 saturated carbocycles. The van der Waals surface area contributed by atoms with E-state index in [0.717, 1.165) is 37.2 Å². The van der Waals surface area contributed by atoms with Gasteiger partial charge in [0.2, 0.25) is 5.91 Å². The molecule has 0 aliphatic carbocycles. The second-order valence-electron chi connectivity index (χ2n) is 4.93. The maximum atomic E-state index is 11.9. The van der Waals surface area contributed by atoms with Crippen molar-refractivity contribution in [3.63, 3.8) is 0 Å². The first kappa shape index (κ1) is 12.0. The lowest BCUT2D eigenvalue weighted by Crippen LogP contribution is -2.30. The van der Waals surface area contributed by atoms with Gasteiger partial charge in [-0.05, 0) is 43.0 Å². The molecule has 0 bridgehead atoms. The fraction of sp³-hybridized carbons (Fsp3) is 0.429. The Morgan fingerprint density at radius 2 is 2.00 bits per heavy atom. The molecule has 2 aliphatic heterocycles. The number of benzene rings is 1. The Kier molecular flexibility index (Phi) is 3.11.